The minimum Gasteiger partial charge on any atom is -0.387 e. The lowest BCUT2D eigenvalue weighted by atomic mass is 9.68. The molecule has 0 aromatic rings. The van der Waals surface area contributed by atoms with Crippen molar-refractivity contribution in [1.82, 2.24) is 5.32 Å². The van der Waals surface area contributed by atoms with Gasteiger partial charge < -0.3 is 15.5 Å². The number of nitrogens with one attached hydrogen (secondary N) is 1. The van der Waals surface area contributed by atoms with Crippen LogP contribution in [0.1, 0.15) is 32.1 Å². The third kappa shape index (κ3) is 1.71. The second-order valence-corrected chi connectivity index (χ2v) is 4.20. The Morgan fingerprint density at radius 3 is 2.15 bits per heavy atom. The van der Waals surface area contributed by atoms with Gasteiger partial charge in [0, 0.05) is 6.54 Å². The van der Waals surface area contributed by atoms with Crippen LogP contribution in [0.4, 0.5) is 0 Å². The number of halogens is 1. The van der Waals surface area contributed by atoms with Gasteiger partial charge in [-0.25, -0.2) is 0 Å². The summed E-state index contributed by atoms with van der Waals surface area (Å²) in [5, 5.41) is 23.4. The molecule has 0 radical (unpaired) electrons. The number of rotatable bonds is 0. The second kappa shape index (κ2) is 3.73. The lowest BCUT2D eigenvalue weighted by Gasteiger charge is -2.50. The van der Waals surface area contributed by atoms with Crippen molar-refractivity contribution < 1.29 is 10.2 Å². The molecule has 1 saturated heterocycles. The standard InChI is InChI=1S/C9H17NO2.ClH/c11-8-3-1-2-4-9(8,12)7-10-6-5-8;/h10-12H,1-7H2;1H/t8-,9+;/m1./s1. The maximum Gasteiger partial charge on any atom is 0.106 e. The smallest absolute Gasteiger partial charge is 0.106 e. The molecule has 0 amide bonds. The maximum absolute atomic E-state index is 10.2. The third-order valence-electron chi connectivity index (χ3n) is 3.43. The van der Waals surface area contributed by atoms with Crippen LogP contribution in [0.15, 0.2) is 0 Å². The summed E-state index contributed by atoms with van der Waals surface area (Å²) < 4.78 is 0. The van der Waals surface area contributed by atoms with Gasteiger partial charge in [-0.15, -0.1) is 12.4 Å². The maximum atomic E-state index is 10.2. The van der Waals surface area contributed by atoms with Gasteiger partial charge in [0.25, 0.3) is 0 Å². The van der Waals surface area contributed by atoms with Gasteiger partial charge in [-0.2, -0.15) is 0 Å². The fourth-order valence-electron chi connectivity index (χ4n) is 2.50. The predicted molar refractivity (Wildman–Crippen MR) is 53.1 cm³/mol. The molecule has 78 valence electrons. The highest BCUT2D eigenvalue weighted by Gasteiger charge is 2.51. The van der Waals surface area contributed by atoms with Gasteiger partial charge >= 0.3 is 0 Å². The van der Waals surface area contributed by atoms with Gasteiger partial charge in [-0.1, -0.05) is 12.8 Å². The molecule has 2 atom stereocenters. The van der Waals surface area contributed by atoms with Crippen molar-refractivity contribution in [3.8, 4) is 0 Å². The Morgan fingerprint density at radius 1 is 0.923 bits per heavy atom. The Hall–Kier alpha value is 0.170. The van der Waals surface area contributed by atoms with E-state index in [4.69, 9.17) is 0 Å². The zero-order chi connectivity index (χ0) is 8.66. The Balaban J connectivity index is 0.000000845. The number of β-amino-alcohol motifs (C(OH)–C–C–N with tert-alkyl or cyclic N) is 1. The molecular formula is C9H18ClNO2. The molecule has 2 rings (SSSR count). The summed E-state index contributed by atoms with van der Waals surface area (Å²) in [4.78, 5) is 0. The van der Waals surface area contributed by atoms with E-state index in [9.17, 15) is 10.2 Å². The average molecular weight is 208 g/mol. The van der Waals surface area contributed by atoms with E-state index in [2.05, 4.69) is 5.32 Å². The van der Waals surface area contributed by atoms with E-state index >= 15 is 0 Å². The van der Waals surface area contributed by atoms with E-state index in [0.717, 1.165) is 32.2 Å². The number of aliphatic hydroxyl groups is 2. The molecule has 1 aliphatic heterocycles. The zero-order valence-corrected chi connectivity index (χ0v) is 8.57. The van der Waals surface area contributed by atoms with Crippen molar-refractivity contribution in [1.29, 1.82) is 0 Å². The van der Waals surface area contributed by atoms with Gasteiger partial charge in [0.2, 0.25) is 0 Å². The topological polar surface area (TPSA) is 52.5 Å². The molecule has 1 aliphatic carbocycles. The van der Waals surface area contributed by atoms with E-state index in [-0.39, 0.29) is 12.4 Å². The molecule has 2 aliphatic rings. The minimum absolute atomic E-state index is 0. The lowest BCUT2D eigenvalue weighted by Crippen LogP contribution is -2.65. The van der Waals surface area contributed by atoms with E-state index < -0.39 is 11.2 Å². The van der Waals surface area contributed by atoms with Crippen molar-refractivity contribution in [3.05, 3.63) is 0 Å². The SMILES string of the molecule is Cl.O[C@@]12CCCC[C@]1(O)CNCC2. The third-order valence-corrected chi connectivity index (χ3v) is 3.43. The van der Waals surface area contributed by atoms with Crippen molar-refractivity contribution in [3.63, 3.8) is 0 Å². The molecule has 3 nitrogen and oxygen atoms in total. The summed E-state index contributed by atoms with van der Waals surface area (Å²) in [5.74, 6) is 0. The number of piperidine rings is 1. The van der Waals surface area contributed by atoms with Gasteiger partial charge in [-0.05, 0) is 25.8 Å². The first-order valence-electron chi connectivity index (χ1n) is 4.82. The van der Waals surface area contributed by atoms with E-state index in [1.54, 1.807) is 0 Å². The molecule has 13 heavy (non-hydrogen) atoms. The molecule has 1 saturated carbocycles. The van der Waals surface area contributed by atoms with Crippen LogP contribution >= 0.6 is 12.4 Å². The molecule has 2 fully saturated rings. The van der Waals surface area contributed by atoms with Crippen molar-refractivity contribution in [2.45, 2.75) is 43.3 Å². The van der Waals surface area contributed by atoms with Crippen LogP contribution in [0.2, 0.25) is 0 Å². The van der Waals surface area contributed by atoms with Crippen LogP contribution in [-0.4, -0.2) is 34.5 Å². The van der Waals surface area contributed by atoms with Crippen LogP contribution in [0.5, 0.6) is 0 Å². The van der Waals surface area contributed by atoms with E-state index in [1.807, 2.05) is 0 Å². The first-order valence-corrected chi connectivity index (χ1v) is 4.82. The molecular weight excluding hydrogens is 190 g/mol. The zero-order valence-electron chi connectivity index (χ0n) is 7.75. The first-order chi connectivity index (χ1) is 5.66. The molecule has 0 bridgehead atoms. The number of hydrogen-bond donors (Lipinski definition) is 3. The summed E-state index contributed by atoms with van der Waals surface area (Å²) in [7, 11) is 0. The minimum atomic E-state index is -0.844. The Labute approximate surface area is 84.9 Å². The highest BCUT2D eigenvalue weighted by molar-refractivity contribution is 5.85. The fraction of sp³-hybridized carbons (Fsp3) is 1.00. The first kappa shape index (κ1) is 11.2. The highest BCUT2D eigenvalue weighted by Crippen LogP contribution is 2.40. The van der Waals surface area contributed by atoms with Crippen LogP contribution in [0, 0.1) is 0 Å². The Bertz CT molecular complexity index is 154. The van der Waals surface area contributed by atoms with Gasteiger partial charge in [0.05, 0.1) is 5.60 Å². The van der Waals surface area contributed by atoms with Crippen LogP contribution in [0.3, 0.4) is 0 Å². The summed E-state index contributed by atoms with van der Waals surface area (Å²) in [6, 6.07) is 0. The van der Waals surface area contributed by atoms with E-state index in [0.29, 0.717) is 13.0 Å². The normalized spacial score (nSPS) is 44.8. The van der Waals surface area contributed by atoms with Crippen LogP contribution < -0.4 is 5.32 Å². The summed E-state index contributed by atoms with van der Waals surface area (Å²) in [6.45, 7) is 1.39. The van der Waals surface area contributed by atoms with Gasteiger partial charge in [0.1, 0.15) is 5.60 Å². The predicted octanol–water partition coefficient (Wildman–Crippen LogP) is 0.438. The molecule has 3 N–H and O–H groups in total. The highest BCUT2D eigenvalue weighted by atomic mass is 35.5. The largest absolute Gasteiger partial charge is 0.387 e. The molecule has 1 heterocycles. The summed E-state index contributed by atoms with van der Waals surface area (Å²) >= 11 is 0. The van der Waals surface area contributed by atoms with Crippen LogP contribution in [0.25, 0.3) is 0 Å². The summed E-state index contributed by atoms with van der Waals surface area (Å²) in [5.41, 5.74) is -1.64. The average Bonchev–Trinajstić information content (AvgIpc) is 2.05. The molecule has 0 aromatic heterocycles. The van der Waals surface area contributed by atoms with Crippen molar-refractivity contribution in [2.24, 2.45) is 0 Å². The van der Waals surface area contributed by atoms with Gasteiger partial charge in [0.15, 0.2) is 0 Å². The van der Waals surface area contributed by atoms with E-state index in [1.165, 1.54) is 0 Å². The number of hydrogen-bond acceptors (Lipinski definition) is 3. The number of fused-ring (bicyclic) bond motifs is 1. The summed E-state index contributed by atoms with van der Waals surface area (Å²) in [6.07, 6.45) is 4.31. The molecule has 0 aromatic carbocycles. The second-order valence-electron chi connectivity index (χ2n) is 4.20. The van der Waals surface area contributed by atoms with Crippen molar-refractivity contribution in [2.75, 3.05) is 13.1 Å². The quantitative estimate of drug-likeness (QED) is 0.540. The molecule has 0 unspecified atom stereocenters. The lowest BCUT2D eigenvalue weighted by molar-refractivity contribution is -0.187. The monoisotopic (exact) mass is 207 g/mol. The Kier molecular flexibility index (Phi) is 3.23. The molecule has 4 heteroatoms. The molecule has 0 spiro atoms. The van der Waals surface area contributed by atoms with Gasteiger partial charge in [-0.3, -0.25) is 0 Å². The Morgan fingerprint density at radius 2 is 1.54 bits per heavy atom. The van der Waals surface area contributed by atoms with Crippen LogP contribution in [-0.2, 0) is 0 Å². The van der Waals surface area contributed by atoms with Crippen molar-refractivity contribution >= 4 is 12.4 Å². The fourth-order valence-corrected chi connectivity index (χ4v) is 2.50.